The molecule has 0 atom stereocenters. The molecule has 6 aromatic rings. The largest absolute Gasteiger partial charge is 0.507 e. The minimum atomic E-state index is -0.288. The van der Waals surface area contributed by atoms with Gasteiger partial charge >= 0.3 is 0 Å². The molecule has 256 valence electrons. The van der Waals surface area contributed by atoms with Crippen molar-refractivity contribution in [2.45, 2.75) is 99.3 Å². The third-order valence-corrected chi connectivity index (χ3v) is 9.60. The van der Waals surface area contributed by atoms with Gasteiger partial charge in [-0.3, -0.25) is 0 Å². The van der Waals surface area contributed by atoms with Crippen LogP contribution in [-0.4, -0.2) is 41.0 Å². The van der Waals surface area contributed by atoms with E-state index in [0.717, 1.165) is 57.3 Å². The number of para-hydroxylation sites is 2. The Morgan fingerprint density at radius 2 is 0.878 bits per heavy atom. The van der Waals surface area contributed by atoms with E-state index in [1.165, 1.54) is 0 Å². The summed E-state index contributed by atoms with van der Waals surface area (Å²) in [7, 11) is 0. The highest BCUT2D eigenvalue weighted by Gasteiger charge is 2.35. The molecule has 0 saturated carbocycles. The van der Waals surface area contributed by atoms with E-state index in [-0.39, 0.29) is 33.2 Å². The average molecular weight is 659 g/mol. The molecule has 4 N–H and O–H groups in total. The smallest absolute Gasteiger partial charge is 0.127 e. The first kappa shape index (κ1) is 34.2. The van der Waals surface area contributed by atoms with Crippen molar-refractivity contribution in [3.8, 4) is 33.8 Å². The minimum absolute atomic E-state index is 0.0412. The summed E-state index contributed by atoms with van der Waals surface area (Å²) in [6.07, 6.45) is 2.12. The van der Waals surface area contributed by atoms with Crippen LogP contribution in [0.3, 0.4) is 0 Å². The van der Waals surface area contributed by atoms with Crippen molar-refractivity contribution >= 4 is 22.1 Å². The van der Waals surface area contributed by atoms with Crippen LogP contribution >= 0.6 is 0 Å². The van der Waals surface area contributed by atoms with E-state index >= 15 is 0 Å². The molecule has 0 radical (unpaired) electrons. The van der Waals surface area contributed by atoms with Crippen molar-refractivity contribution in [3.63, 3.8) is 0 Å². The van der Waals surface area contributed by atoms with Gasteiger partial charge in [0, 0.05) is 39.8 Å². The summed E-state index contributed by atoms with van der Waals surface area (Å²) in [5.74, 6) is 0.385. The van der Waals surface area contributed by atoms with Crippen LogP contribution in [0.15, 0.2) is 60.7 Å². The molecule has 0 unspecified atom stereocenters. The fraction of sp³-hybridized carbons (Fsp3) is 0.415. The van der Waals surface area contributed by atoms with Crippen LogP contribution in [0.5, 0.6) is 11.5 Å². The lowest BCUT2D eigenvalue weighted by Gasteiger charge is -2.37. The van der Waals surface area contributed by atoms with Crippen molar-refractivity contribution in [2.24, 2.45) is 10.8 Å². The average Bonchev–Trinajstić information content (AvgIpc) is 3.66. The molecule has 0 amide bonds. The van der Waals surface area contributed by atoms with Gasteiger partial charge in [-0.25, -0.2) is 0 Å². The van der Waals surface area contributed by atoms with E-state index in [1.54, 1.807) is 0 Å². The summed E-state index contributed by atoms with van der Waals surface area (Å²) in [5, 5.41) is 47.8. The Morgan fingerprint density at radius 3 is 1.24 bits per heavy atom. The van der Waals surface area contributed by atoms with E-state index in [4.69, 9.17) is 0 Å². The zero-order valence-electron chi connectivity index (χ0n) is 30.6. The molecule has 0 fully saturated rings. The first-order valence-electron chi connectivity index (χ1n) is 17.2. The number of aromatic amines is 2. The van der Waals surface area contributed by atoms with E-state index in [0.29, 0.717) is 28.6 Å². The Hall–Kier alpha value is -4.72. The molecule has 2 heterocycles. The van der Waals surface area contributed by atoms with Gasteiger partial charge in [0.1, 0.15) is 33.6 Å². The van der Waals surface area contributed by atoms with E-state index in [2.05, 4.69) is 112 Å². The van der Waals surface area contributed by atoms with Crippen molar-refractivity contribution in [1.82, 2.24) is 30.8 Å². The number of nitrogens with zero attached hydrogens (tertiary/aromatic N) is 4. The van der Waals surface area contributed by atoms with Gasteiger partial charge in [0.25, 0.3) is 0 Å². The van der Waals surface area contributed by atoms with E-state index < -0.39 is 0 Å². The van der Waals surface area contributed by atoms with Gasteiger partial charge in [0.2, 0.25) is 0 Å². The molecule has 8 heteroatoms. The van der Waals surface area contributed by atoms with Gasteiger partial charge < -0.3 is 10.2 Å². The number of aromatic nitrogens is 6. The van der Waals surface area contributed by atoms with Crippen LogP contribution in [0.2, 0.25) is 0 Å². The fourth-order valence-electron chi connectivity index (χ4n) is 8.52. The predicted octanol–water partition coefficient (Wildman–Crippen LogP) is 9.99. The zero-order valence-corrected chi connectivity index (χ0v) is 30.6. The zero-order chi connectivity index (χ0) is 35.5. The fourth-order valence-corrected chi connectivity index (χ4v) is 8.52. The highest BCUT2D eigenvalue weighted by molar-refractivity contribution is 5.95. The van der Waals surface area contributed by atoms with Crippen molar-refractivity contribution in [2.75, 3.05) is 0 Å². The maximum absolute atomic E-state index is 12.5. The topological polar surface area (TPSA) is 124 Å². The van der Waals surface area contributed by atoms with Gasteiger partial charge in [0.05, 0.1) is 0 Å². The van der Waals surface area contributed by atoms with Crippen LogP contribution in [0, 0.1) is 10.8 Å². The second-order valence-electron chi connectivity index (χ2n) is 17.4. The lowest BCUT2D eigenvalue weighted by Crippen LogP contribution is -2.28. The third kappa shape index (κ3) is 6.65. The van der Waals surface area contributed by atoms with Crippen molar-refractivity contribution in [1.29, 1.82) is 0 Å². The molecule has 0 saturated heterocycles. The lowest BCUT2D eigenvalue weighted by molar-refractivity contribution is 0.281. The summed E-state index contributed by atoms with van der Waals surface area (Å²) >= 11 is 0. The van der Waals surface area contributed by atoms with Gasteiger partial charge in [-0.2, -0.15) is 30.8 Å². The number of rotatable bonds is 8. The number of benzene rings is 4. The summed E-state index contributed by atoms with van der Waals surface area (Å²) < 4.78 is 0. The minimum Gasteiger partial charge on any atom is -0.507 e. The Bertz CT molecular complexity index is 2000. The number of phenolic OH excluding ortho intramolecular Hbond substituents is 2. The maximum Gasteiger partial charge on any atom is 0.127 e. The molecular weight excluding hydrogens is 608 g/mol. The number of nitrogens with one attached hydrogen (secondary N) is 2. The molecule has 0 aliphatic carbocycles. The second kappa shape index (κ2) is 12.0. The maximum atomic E-state index is 12.5. The van der Waals surface area contributed by atoms with Crippen LogP contribution < -0.4 is 0 Å². The predicted molar refractivity (Wildman–Crippen MR) is 199 cm³/mol. The Kier molecular flexibility index (Phi) is 8.37. The number of hydrogen-bond acceptors (Lipinski definition) is 6. The molecule has 8 nitrogen and oxygen atoms in total. The molecule has 6 rings (SSSR count). The normalized spacial score (nSPS) is 13.1. The molecule has 2 aromatic heterocycles. The van der Waals surface area contributed by atoms with E-state index in [1.807, 2.05) is 48.5 Å². The first-order chi connectivity index (χ1) is 22.9. The molecule has 0 aliphatic rings. The number of fused-ring (bicyclic) bond motifs is 2. The summed E-state index contributed by atoms with van der Waals surface area (Å²) in [6.45, 7) is 22.5. The number of aromatic hydroxyl groups is 2. The lowest BCUT2D eigenvalue weighted by atomic mass is 9.68. The number of phenols is 2. The first-order valence-corrected chi connectivity index (χ1v) is 17.2. The molecule has 49 heavy (non-hydrogen) atoms. The SMILES string of the molecule is CC(C)(C)CC(C)(C)c1ccc(-c2cccc3n[nH]nc23)c(O)c1Cc1c(C(C)(C)CC(C)(C)C)ccc(-c2cccc3n[nH]nc23)c1O. The molecule has 0 aliphatic heterocycles. The Balaban J connectivity index is 1.63. The quantitative estimate of drug-likeness (QED) is 0.129. The summed E-state index contributed by atoms with van der Waals surface area (Å²) in [4.78, 5) is 0. The molecule has 0 spiro atoms. The summed E-state index contributed by atoms with van der Waals surface area (Å²) in [6, 6.07) is 20.0. The molecular formula is C41H50N6O2. The van der Waals surface area contributed by atoms with Crippen molar-refractivity contribution < 1.29 is 10.2 Å². The van der Waals surface area contributed by atoms with Crippen LogP contribution in [0.1, 0.15) is 104 Å². The standard InChI is InChI=1S/C41H50N6O2/c1-38(2,3)22-40(7,8)30-19-17-26(24-13-11-15-32-34(24)44-46-42-32)36(48)28(30)21-29-31(41(9,10)23-39(4,5)6)20-18-27(37(29)49)25-14-12-16-33-35(25)45-47-43-33/h11-20,48-49H,21-23H2,1-10H3,(H,42,44,46)(H,43,45,47). The second-order valence-corrected chi connectivity index (χ2v) is 17.4. The van der Waals surface area contributed by atoms with Crippen LogP contribution in [-0.2, 0) is 17.3 Å². The Labute approximate surface area is 289 Å². The third-order valence-electron chi connectivity index (χ3n) is 9.60. The van der Waals surface area contributed by atoms with Crippen LogP contribution in [0.25, 0.3) is 44.3 Å². The highest BCUT2D eigenvalue weighted by Crippen LogP contribution is 2.49. The number of H-pyrrole nitrogens is 2. The van der Waals surface area contributed by atoms with Gasteiger partial charge in [0.15, 0.2) is 0 Å². The summed E-state index contributed by atoms with van der Waals surface area (Å²) in [5.41, 5.74) is 9.04. The molecule has 0 bridgehead atoms. The Morgan fingerprint density at radius 1 is 0.490 bits per heavy atom. The molecule has 4 aromatic carbocycles. The van der Waals surface area contributed by atoms with Gasteiger partial charge in [-0.1, -0.05) is 118 Å². The van der Waals surface area contributed by atoms with Gasteiger partial charge in [-0.05, 0) is 57.8 Å². The monoisotopic (exact) mass is 658 g/mol. The van der Waals surface area contributed by atoms with Crippen molar-refractivity contribution in [3.05, 3.63) is 82.9 Å². The number of hydrogen-bond donors (Lipinski definition) is 4. The van der Waals surface area contributed by atoms with Crippen LogP contribution in [0.4, 0.5) is 0 Å². The highest BCUT2D eigenvalue weighted by atomic mass is 16.3. The van der Waals surface area contributed by atoms with Gasteiger partial charge in [-0.15, -0.1) is 0 Å². The van der Waals surface area contributed by atoms with E-state index in [9.17, 15) is 10.2 Å².